The second-order valence-corrected chi connectivity index (χ2v) is 6.81. The molecule has 6 nitrogen and oxygen atoms in total. The maximum absolute atomic E-state index is 5.48. The average Bonchev–Trinajstić information content (AvgIpc) is 3.38. The van der Waals surface area contributed by atoms with Crippen LogP contribution in [0.3, 0.4) is 0 Å². The summed E-state index contributed by atoms with van der Waals surface area (Å²) in [6.45, 7) is 6.01. The van der Waals surface area contributed by atoms with Gasteiger partial charge in [-0.25, -0.2) is 15.0 Å². The molecule has 0 amide bonds. The van der Waals surface area contributed by atoms with Crippen molar-refractivity contribution in [3.8, 4) is 0 Å². The zero-order valence-corrected chi connectivity index (χ0v) is 16.2. The first-order chi connectivity index (χ1) is 12.5. The van der Waals surface area contributed by atoms with E-state index < -0.39 is 0 Å². The highest BCUT2D eigenvalue weighted by Gasteiger charge is 2.22. The number of hydrogen-bond donors (Lipinski definition) is 3. The van der Waals surface area contributed by atoms with Gasteiger partial charge >= 0.3 is 0 Å². The zero-order chi connectivity index (χ0) is 18.5. The molecule has 0 bridgehead atoms. The molecule has 3 rings (SSSR count). The number of aromatic nitrogens is 2. The number of nitrogens with zero attached hydrogens (tertiary/aromatic N) is 3. The van der Waals surface area contributed by atoms with Crippen LogP contribution in [0.15, 0.2) is 35.3 Å². The standard InChI is InChI=1S/C19H24N6S/c1-4-14-7-5-6-8-16(14)23-19(26)25-18(22-15-9-10-15)24-17-20-12(2)11-13(3)21-17/h5-8,11,15H,4,9-10H2,1-3H3,(H3,20,21,22,23,24,25,26). The van der Waals surface area contributed by atoms with Crippen LogP contribution in [0.5, 0.6) is 0 Å². The molecular weight excluding hydrogens is 344 g/mol. The van der Waals surface area contributed by atoms with Crippen molar-refractivity contribution in [2.75, 3.05) is 10.6 Å². The van der Waals surface area contributed by atoms with E-state index in [2.05, 4.69) is 43.9 Å². The molecule has 26 heavy (non-hydrogen) atoms. The second kappa shape index (κ2) is 8.23. The van der Waals surface area contributed by atoms with Crippen molar-refractivity contribution in [2.45, 2.75) is 46.1 Å². The largest absolute Gasteiger partial charge is 0.332 e. The number of rotatable bonds is 4. The number of nitrogens with one attached hydrogen (secondary N) is 3. The van der Waals surface area contributed by atoms with Gasteiger partial charge in [-0.15, -0.1) is 0 Å². The van der Waals surface area contributed by atoms with E-state index in [1.807, 2.05) is 38.1 Å². The zero-order valence-electron chi connectivity index (χ0n) is 15.3. The predicted octanol–water partition coefficient (Wildman–Crippen LogP) is 3.57. The van der Waals surface area contributed by atoms with Crippen molar-refractivity contribution in [2.24, 2.45) is 4.99 Å². The lowest BCUT2D eigenvalue weighted by Crippen LogP contribution is -2.39. The molecule has 1 aromatic heterocycles. The average molecular weight is 369 g/mol. The van der Waals surface area contributed by atoms with Crippen molar-refractivity contribution in [1.29, 1.82) is 0 Å². The third-order valence-corrected chi connectivity index (χ3v) is 4.15. The highest BCUT2D eigenvalue weighted by Crippen LogP contribution is 2.23. The van der Waals surface area contributed by atoms with Gasteiger partial charge in [-0.05, 0) is 63.0 Å². The second-order valence-electron chi connectivity index (χ2n) is 6.40. The number of anilines is 2. The molecule has 0 spiro atoms. The summed E-state index contributed by atoms with van der Waals surface area (Å²) < 4.78 is 0. The van der Waals surface area contributed by atoms with Crippen molar-refractivity contribution < 1.29 is 0 Å². The molecule has 1 aliphatic rings. The van der Waals surface area contributed by atoms with Crippen LogP contribution < -0.4 is 16.0 Å². The van der Waals surface area contributed by atoms with Crippen molar-refractivity contribution >= 4 is 34.9 Å². The molecule has 0 saturated heterocycles. The molecule has 1 fully saturated rings. The van der Waals surface area contributed by atoms with E-state index in [4.69, 9.17) is 12.2 Å². The minimum atomic E-state index is 0.335. The molecule has 1 aromatic carbocycles. The molecule has 3 N–H and O–H groups in total. The summed E-state index contributed by atoms with van der Waals surface area (Å²) in [5.41, 5.74) is 4.02. The molecule has 1 saturated carbocycles. The SMILES string of the molecule is CCc1ccccc1NC(=S)NC(=NC1CC1)Nc1nc(C)cc(C)n1. The van der Waals surface area contributed by atoms with Crippen LogP contribution in [0.4, 0.5) is 11.6 Å². The fourth-order valence-electron chi connectivity index (χ4n) is 2.58. The van der Waals surface area contributed by atoms with E-state index in [-0.39, 0.29) is 0 Å². The Hall–Kier alpha value is -2.54. The van der Waals surface area contributed by atoms with E-state index >= 15 is 0 Å². The van der Waals surface area contributed by atoms with Gasteiger partial charge in [0.15, 0.2) is 5.11 Å². The molecular formula is C19H24N6S. The van der Waals surface area contributed by atoms with Gasteiger partial charge in [0, 0.05) is 17.1 Å². The minimum absolute atomic E-state index is 0.335. The van der Waals surface area contributed by atoms with Crippen LogP contribution in [-0.2, 0) is 6.42 Å². The maximum atomic E-state index is 5.48. The fraction of sp³-hybridized carbons (Fsp3) is 0.368. The topological polar surface area (TPSA) is 74.2 Å². The molecule has 0 unspecified atom stereocenters. The number of aryl methyl sites for hydroxylation is 3. The highest BCUT2D eigenvalue weighted by molar-refractivity contribution is 7.80. The monoisotopic (exact) mass is 368 g/mol. The summed E-state index contributed by atoms with van der Waals surface area (Å²) in [5.74, 6) is 1.09. The molecule has 1 heterocycles. The molecule has 1 aliphatic carbocycles. The van der Waals surface area contributed by atoms with Gasteiger partial charge in [-0.3, -0.25) is 5.32 Å². The Kier molecular flexibility index (Phi) is 5.78. The number of hydrogen-bond acceptors (Lipinski definition) is 4. The van der Waals surface area contributed by atoms with Crippen LogP contribution in [0.25, 0.3) is 0 Å². The van der Waals surface area contributed by atoms with Gasteiger partial charge in [-0.2, -0.15) is 0 Å². The Morgan fingerprint density at radius 3 is 2.50 bits per heavy atom. The molecule has 2 aromatic rings. The van der Waals surface area contributed by atoms with Crippen molar-refractivity contribution in [3.05, 3.63) is 47.3 Å². The molecule has 136 valence electrons. The first-order valence-corrected chi connectivity index (χ1v) is 9.27. The van der Waals surface area contributed by atoms with Crippen molar-refractivity contribution in [1.82, 2.24) is 15.3 Å². The van der Waals surface area contributed by atoms with Crippen LogP contribution in [0.2, 0.25) is 0 Å². The summed E-state index contributed by atoms with van der Waals surface area (Å²) in [4.78, 5) is 13.5. The lowest BCUT2D eigenvalue weighted by Gasteiger charge is -2.15. The van der Waals surface area contributed by atoms with Gasteiger partial charge in [-0.1, -0.05) is 25.1 Å². The van der Waals surface area contributed by atoms with Gasteiger partial charge in [0.1, 0.15) is 0 Å². The maximum Gasteiger partial charge on any atom is 0.229 e. The molecule has 0 atom stereocenters. The van der Waals surface area contributed by atoms with Crippen molar-refractivity contribution in [3.63, 3.8) is 0 Å². The Labute approximate surface area is 159 Å². The third-order valence-electron chi connectivity index (χ3n) is 3.95. The van der Waals surface area contributed by atoms with Gasteiger partial charge < -0.3 is 10.6 Å². The molecule has 0 radical (unpaired) electrons. The Balaban J connectivity index is 1.71. The smallest absolute Gasteiger partial charge is 0.229 e. The number of aliphatic imine (C=N–C) groups is 1. The van der Waals surface area contributed by atoms with E-state index in [0.29, 0.717) is 23.1 Å². The van der Waals surface area contributed by atoms with Crippen LogP contribution in [-0.4, -0.2) is 27.1 Å². The van der Waals surface area contributed by atoms with Gasteiger partial charge in [0.25, 0.3) is 0 Å². The van der Waals surface area contributed by atoms with Crippen LogP contribution in [0, 0.1) is 13.8 Å². The number of thiocarbonyl (C=S) groups is 1. The van der Waals surface area contributed by atoms with Crippen LogP contribution in [0.1, 0.15) is 36.7 Å². The predicted molar refractivity (Wildman–Crippen MR) is 111 cm³/mol. The number of para-hydroxylation sites is 1. The van der Waals surface area contributed by atoms with E-state index in [0.717, 1.165) is 36.3 Å². The lowest BCUT2D eigenvalue weighted by atomic mass is 10.1. The van der Waals surface area contributed by atoms with E-state index in [1.165, 1.54) is 5.56 Å². The molecule has 0 aliphatic heterocycles. The van der Waals surface area contributed by atoms with E-state index in [1.54, 1.807) is 0 Å². The summed E-state index contributed by atoms with van der Waals surface area (Å²) in [6.07, 6.45) is 3.13. The normalized spacial score (nSPS) is 14.0. The third kappa shape index (κ3) is 5.23. The Morgan fingerprint density at radius 1 is 1.15 bits per heavy atom. The van der Waals surface area contributed by atoms with Crippen LogP contribution >= 0.6 is 12.2 Å². The van der Waals surface area contributed by atoms with Gasteiger partial charge in [0.05, 0.1) is 6.04 Å². The summed E-state index contributed by atoms with van der Waals surface area (Å²) in [6, 6.07) is 10.4. The Morgan fingerprint density at radius 2 is 1.85 bits per heavy atom. The summed E-state index contributed by atoms with van der Waals surface area (Å²) in [5, 5.41) is 10.1. The summed E-state index contributed by atoms with van der Waals surface area (Å²) in [7, 11) is 0. The molecule has 7 heteroatoms. The van der Waals surface area contributed by atoms with E-state index in [9.17, 15) is 0 Å². The number of benzene rings is 1. The highest BCUT2D eigenvalue weighted by atomic mass is 32.1. The minimum Gasteiger partial charge on any atom is -0.332 e. The summed E-state index contributed by atoms with van der Waals surface area (Å²) >= 11 is 5.48. The van der Waals surface area contributed by atoms with Gasteiger partial charge in [0.2, 0.25) is 11.9 Å². The quantitative estimate of drug-likeness (QED) is 0.435. The number of guanidine groups is 1. The lowest BCUT2D eigenvalue weighted by molar-refractivity contribution is 1.02. The first-order valence-electron chi connectivity index (χ1n) is 8.86. The first kappa shape index (κ1) is 18.3. The Bertz CT molecular complexity index is 808. The fourth-order valence-corrected chi connectivity index (χ4v) is 2.79.